The Hall–Kier alpha value is -1.42. The van der Waals surface area contributed by atoms with Gasteiger partial charge in [0.15, 0.2) is 0 Å². The summed E-state index contributed by atoms with van der Waals surface area (Å²) >= 11 is 0. The Balaban J connectivity index is 1.91. The van der Waals surface area contributed by atoms with Crippen molar-refractivity contribution in [3.05, 3.63) is 35.1 Å². The first-order valence-corrected chi connectivity index (χ1v) is 6.32. The molecule has 4 heteroatoms. The van der Waals surface area contributed by atoms with Crippen molar-refractivity contribution in [3.8, 4) is 0 Å². The van der Waals surface area contributed by atoms with Crippen molar-refractivity contribution in [1.29, 1.82) is 0 Å². The van der Waals surface area contributed by atoms with Gasteiger partial charge in [-0.2, -0.15) is 0 Å². The van der Waals surface area contributed by atoms with E-state index in [0.717, 1.165) is 18.7 Å². The Labute approximate surface area is 107 Å². The molecule has 1 heterocycles. The molecule has 0 radical (unpaired) electrons. The van der Waals surface area contributed by atoms with Crippen LogP contribution in [0, 0.1) is 18.7 Å². The number of aryl methyl sites for hydroxylation is 1. The van der Waals surface area contributed by atoms with Gasteiger partial charge in [-0.15, -0.1) is 0 Å². The van der Waals surface area contributed by atoms with Crippen LogP contribution in [0.5, 0.6) is 0 Å². The number of hydrogen-bond donors (Lipinski definition) is 2. The van der Waals surface area contributed by atoms with Crippen LogP contribution in [0.1, 0.15) is 30.5 Å². The largest absolute Gasteiger partial charge is 0.350 e. The van der Waals surface area contributed by atoms with Crippen molar-refractivity contribution in [3.63, 3.8) is 0 Å². The molecule has 1 unspecified atom stereocenters. The second-order valence-corrected chi connectivity index (χ2v) is 5.03. The highest BCUT2D eigenvalue weighted by molar-refractivity contribution is 5.76. The maximum Gasteiger partial charge on any atom is 0.220 e. The first-order chi connectivity index (χ1) is 8.56. The summed E-state index contributed by atoms with van der Waals surface area (Å²) in [6, 6.07) is 4.93. The van der Waals surface area contributed by atoms with Gasteiger partial charge in [0, 0.05) is 6.42 Å². The molecule has 0 aromatic heterocycles. The van der Waals surface area contributed by atoms with Gasteiger partial charge in [-0.3, -0.25) is 4.79 Å². The number of amides is 1. The Morgan fingerprint density at radius 2 is 2.28 bits per heavy atom. The Morgan fingerprint density at radius 1 is 1.56 bits per heavy atom. The Morgan fingerprint density at radius 3 is 2.83 bits per heavy atom. The van der Waals surface area contributed by atoms with E-state index in [0.29, 0.717) is 17.9 Å². The molecule has 0 bridgehead atoms. The predicted molar refractivity (Wildman–Crippen MR) is 68.7 cm³/mol. The van der Waals surface area contributed by atoms with Gasteiger partial charge in [0.2, 0.25) is 5.91 Å². The van der Waals surface area contributed by atoms with Gasteiger partial charge in [0.1, 0.15) is 5.82 Å². The van der Waals surface area contributed by atoms with Crippen LogP contribution in [-0.4, -0.2) is 19.0 Å². The lowest BCUT2D eigenvalue weighted by molar-refractivity contribution is -0.123. The monoisotopic (exact) mass is 250 g/mol. The molecule has 3 nitrogen and oxygen atoms in total. The summed E-state index contributed by atoms with van der Waals surface area (Å²) in [4.78, 5) is 11.7. The molecule has 1 aromatic rings. The predicted octanol–water partition coefficient (Wildman–Crippen LogP) is 1.92. The number of rotatable bonds is 4. The zero-order valence-electron chi connectivity index (χ0n) is 10.8. The summed E-state index contributed by atoms with van der Waals surface area (Å²) in [5, 5.41) is 6.04. The third kappa shape index (κ3) is 3.07. The van der Waals surface area contributed by atoms with Gasteiger partial charge in [-0.25, -0.2) is 4.39 Å². The second-order valence-electron chi connectivity index (χ2n) is 5.03. The summed E-state index contributed by atoms with van der Waals surface area (Å²) in [5.74, 6) is 0.263. The van der Waals surface area contributed by atoms with E-state index in [1.165, 1.54) is 6.07 Å². The van der Waals surface area contributed by atoms with Crippen LogP contribution < -0.4 is 10.6 Å². The van der Waals surface area contributed by atoms with E-state index in [1.54, 1.807) is 13.0 Å². The van der Waals surface area contributed by atoms with Crippen molar-refractivity contribution < 1.29 is 9.18 Å². The highest BCUT2D eigenvalue weighted by Crippen LogP contribution is 2.17. The van der Waals surface area contributed by atoms with Crippen molar-refractivity contribution in [2.75, 3.05) is 13.1 Å². The van der Waals surface area contributed by atoms with E-state index in [4.69, 9.17) is 0 Å². The van der Waals surface area contributed by atoms with Crippen molar-refractivity contribution in [2.24, 2.45) is 5.92 Å². The highest BCUT2D eigenvalue weighted by atomic mass is 19.1. The summed E-state index contributed by atoms with van der Waals surface area (Å²) < 4.78 is 13.4. The van der Waals surface area contributed by atoms with Gasteiger partial charge in [0.25, 0.3) is 0 Å². The standard InChI is InChI=1S/C14H19FN2O/c1-9-3-4-12(6-13(9)15)10(2)17-14(18)5-11-7-16-8-11/h3-4,6,10-11,16H,5,7-8H2,1-2H3,(H,17,18). The lowest BCUT2D eigenvalue weighted by Crippen LogP contribution is -2.44. The van der Waals surface area contributed by atoms with E-state index in [1.807, 2.05) is 13.0 Å². The van der Waals surface area contributed by atoms with Crippen LogP contribution in [0.2, 0.25) is 0 Å². The molecule has 98 valence electrons. The first kappa shape index (κ1) is 13.0. The Kier molecular flexibility index (Phi) is 3.97. The molecular formula is C14H19FN2O. The van der Waals surface area contributed by atoms with E-state index in [2.05, 4.69) is 10.6 Å². The summed E-state index contributed by atoms with van der Waals surface area (Å²) in [6.45, 7) is 5.44. The molecule has 0 saturated carbocycles. The summed E-state index contributed by atoms with van der Waals surface area (Å²) in [5.41, 5.74) is 1.43. The number of benzene rings is 1. The normalized spacial score (nSPS) is 17.1. The van der Waals surface area contributed by atoms with E-state index >= 15 is 0 Å². The van der Waals surface area contributed by atoms with Gasteiger partial charge in [0.05, 0.1) is 6.04 Å². The number of nitrogens with one attached hydrogen (secondary N) is 2. The van der Waals surface area contributed by atoms with Gasteiger partial charge in [-0.05, 0) is 50.0 Å². The van der Waals surface area contributed by atoms with Crippen molar-refractivity contribution in [2.45, 2.75) is 26.3 Å². The molecule has 18 heavy (non-hydrogen) atoms. The molecule has 2 rings (SSSR count). The smallest absolute Gasteiger partial charge is 0.220 e. The Bertz CT molecular complexity index is 443. The third-order valence-corrected chi connectivity index (χ3v) is 3.41. The lowest BCUT2D eigenvalue weighted by atomic mass is 9.98. The van der Waals surface area contributed by atoms with E-state index in [-0.39, 0.29) is 17.8 Å². The molecule has 1 saturated heterocycles. The minimum atomic E-state index is -0.225. The fourth-order valence-corrected chi connectivity index (χ4v) is 2.02. The average Bonchev–Trinajstić information content (AvgIpc) is 2.27. The zero-order valence-corrected chi connectivity index (χ0v) is 10.8. The minimum Gasteiger partial charge on any atom is -0.350 e. The van der Waals surface area contributed by atoms with Crippen LogP contribution in [0.4, 0.5) is 4.39 Å². The van der Waals surface area contributed by atoms with Crippen LogP contribution in [-0.2, 0) is 4.79 Å². The molecule has 0 spiro atoms. The minimum absolute atomic E-state index is 0.0370. The molecule has 1 amide bonds. The number of carbonyl (C=O) groups excluding carboxylic acids is 1. The van der Waals surface area contributed by atoms with Crippen LogP contribution in [0.15, 0.2) is 18.2 Å². The van der Waals surface area contributed by atoms with Crippen LogP contribution in [0.25, 0.3) is 0 Å². The fourth-order valence-electron chi connectivity index (χ4n) is 2.02. The third-order valence-electron chi connectivity index (χ3n) is 3.41. The van der Waals surface area contributed by atoms with Crippen molar-refractivity contribution in [1.82, 2.24) is 10.6 Å². The summed E-state index contributed by atoms with van der Waals surface area (Å²) in [6.07, 6.45) is 0.547. The lowest BCUT2D eigenvalue weighted by Gasteiger charge is -2.27. The molecule has 2 N–H and O–H groups in total. The van der Waals surface area contributed by atoms with Gasteiger partial charge in [-0.1, -0.05) is 12.1 Å². The number of carbonyl (C=O) groups is 1. The maximum atomic E-state index is 13.4. The number of halogens is 1. The van der Waals surface area contributed by atoms with Crippen LogP contribution >= 0.6 is 0 Å². The van der Waals surface area contributed by atoms with Crippen molar-refractivity contribution >= 4 is 5.91 Å². The molecule has 1 aliphatic heterocycles. The maximum absolute atomic E-state index is 13.4. The average molecular weight is 250 g/mol. The molecule has 1 aliphatic rings. The number of hydrogen-bond acceptors (Lipinski definition) is 2. The topological polar surface area (TPSA) is 41.1 Å². The second kappa shape index (κ2) is 5.48. The zero-order chi connectivity index (χ0) is 13.1. The van der Waals surface area contributed by atoms with E-state index < -0.39 is 0 Å². The fraction of sp³-hybridized carbons (Fsp3) is 0.500. The molecular weight excluding hydrogens is 231 g/mol. The van der Waals surface area contributed by atoms with Crippen LogP contribution in [0.3, 0.4) is 0 Å². The molecule has 1 aromatic carbocycles. The first-order valence-electron chi connectivity index (χ1n) is 6.32. The SMILES string of the molecule is Cc1ccc(C(C)NC(=O)CC2CNC2)cc1F. The quantitative estimate of drug-likeness (QED) is 0.857. The van der Waals surface area contributed by atoms with Gasteiger partial charge >= 0.3 is 0 Å². The molecule has 0 aliphatic carbocycles. The van der Waals surface area contributed by atoms with Gasteiger partial charge < -0.3 is 10.6 Å². The highest BCUT2D eigenvalue weighted by Gasteiger charge is 2.21. The summed E-state index contributed by atoms with van der Waals surface area (Å²) in [7, 11) is 0. The van der Waals surface area contributed by atoms with E-state index in [9.17, 15) is 9.18 Å². The molecule has 1 atom stereocenters. The molecule has 1 fully saturated rings.